The summed E-state index contributed by atoms with van der Waals surface area (Å²) in [6, 6.07) is 1.65. The van der Waals surface area contributed by atoms with Gasteiger partial charge in [-0.3, -0.25) is 0 Å². The molecule has 15 heavy (non-hydrogen) atoms. The van der Waals surface area contributed by atoms with E-state index in [1.165, 1.54) is 0 Å². The number of benzene rings is 1. The second-order valence-corrected chi connectivity index (χ2v) is 3.47. The minimum atomic E-state index is -0.937. The Hall–Kier alpha value is -1.17. The maximum absolute atomic E-state index is 13.1. The fourth-order valence-corrected chi connectivity index (χ4v) is 1.39. The summed E-state index contributed by atoms with van der Waals surface area (Å²) in [5.74, 6) is -2.02. The third-order valence-corrected chi connectivity index (χ3v) is 2.07. The first-order chi connectivity index (χ1) is 7.04. The number of rotatable bonds is 2. The minimum Gasteiger partial charge on any atom is -0.406 e. The largest absolute Gasteiger partial charge is 0.412 e. The van der Waals surface area contributed by atoms with E-state index >= 15 is 0 Å². The zero-order valence-corrected chi connectivity index (χ0v) is 9.40. The molecule has 3 nitrogen and oxygen atoms in total. The van der Waals surface area contributed by atoms with Crippen LogP contribution in [0.3, 0.4) is 0 Å². The van der Waals surface area contributed by atoms with E-state index in [1.807, 2.05) is 0 Å². The number of nitrogens with one attached hydrogen (secondary N) is 1. The Bertz CT molecular complexity index is 361. The van der Waals surface area contributed by atoms with Crippen LogP contribution in [0.5, 0.6) is 5.75 Å². The quantitative estimate of drug-likeness (QED) is 0.904. The lowest BCUT2D eigenvalue weighted by atomic mass is 10.3. The molecule has 1 aromatic carbocycles. The molecule has 1 N–H and O–H groups in total. The van der Waals surface area contributed by atoms with Crippen LogP contribution < -0.4 is 10.1 Å². The van der Waals surface area contributed by atoms with Crippen molar-refractivity contribution in [2.45, 2.75) is 6.92 Å². The number of carbonyl (C=O) groups is 1. The van der Waals surface area contributed by atoms with Crippen molar-refractivity contribution in [2.24, 2.45) is 0 Å². The van der Waals surface area contributed by atoms with Crippen molar-refractivity contribution in [1.82, 2.24) is 5.32 Å². The third kappa shape index (κ3) is 3.16. The lowest BCUT2D eigenvalue weighted by Gasteiger charge is -2.07. The van der Waals surface area contributed by atoms with Crippen molar-refractivity contribution in [1.29, 1.82) is 0 Å². The highest BCUT2D eigenvalue weighted by Crippen LogP contribution is 2.29. The maximum Gasteiger partial charge on any atom is 0.412 e. The Balaban J connectivity index is 2.90. The summed E-state index contributed by atoms with van der Waals surface area (Å²) in [6.45, 7) is 2.05. The van der Waals surface area contributed by atoms with Gasteiger partial charge in [-0.15, -0.1) is 0 Å². The Labute approximate surface area is 93.5 Å². The number of halogens is 3. The first-order valence-electron chi connectivity index (χ1n) is 4.14. The first kappa shape index (κ1) is 11.9. The van der Waals surface area contributed by atoms with Gasteiger partial charge in [-0.05, 0) is 28.9 Å². The summed E-state index contributed by atoms with van der Waals surface area (Å²) in [5, 5.41) is 2.32. The van der Waals surface area contributed by atoms with Crippen LogP contribution in [0.4, 0.5) is 13.6 Å². The van der Waals surface area contributed by atoms with Crippen molar-refractivity contribution >= 4 is 22.0 Å². The van der Waals surface area contributed by atoms with E-state index < -0.39 is 17.7 Å². The molecule has 6 heteroatoms. The summed E-state index contributed by atoms with van der Waals surface area (Å²) in [4.78, 5) is 11.0. The van der Waals surface area contributed by atoms with Crippen molar-refractivity contribution in [3.8, 4) is 5.75 Å². The molecule has 0 bridgehead atoms. The molecule has 0 aliphatic carbocycles. The monoisotopic (exact) mass is 279 g/mol. The topological polar surface area (TPSA) is 38.3 Å². The molecule has 1 rings (SSSR count). The van der Waals surface area contributed by atoms with Gasteiger partial charge in [0.1, 0.15) is 5.82 Å². The van der Waals surface area contributed by atoms with E-state index in [0.717, 1.165) is 6.07 Å². The van der Waals surface area contributed by atoms with Crippen LogP contribution in [0.1, 0.15) is 6.92 Å². The molecule has 0 heterocycles. The minimum absolute atomic E-state index is 0.0475. The fraction of sp³-hybridized carbons (Fsp3) is 0.222. The summed E-state index contributed by atoms with van der Waals surface area (Å²) >= 11 is 2.89. The standard InChI is InChI=1S/C9H8BrF2NO2/c1-2-13-9(14)15-8-6(10)3-5(11)4-7(8)12/h3-4H,2H2,1H3,(H,13,14). The average Bonchev–Trinajstić information content (AvgIpc) is 2.11. The Kier molecular flexibility index (Phi) is 4.02. The second-order valence-electron chi connectivity index (χ2n) is 2.62. The second kappa shape index (κ2) is 5.06. The van der Waals surface area contributed by atoms with Gasteiger partial charge in [-0.1, -0.05) is 0 Å². The first-order valence-corrected chi connectivity index (χ1v) is 4.94. The number of carbonyl (C=O) groups excluding carboxylic acids is 1. The normalized spacial score (nSPS) is 9.87. The molecule has 0 unspecified atom stereocenters. The van der Waals surface area contributed by atoms with Gasteiger partial charge in [0.25, 0.3) is 0 Å². The molecule has 0 saturated carbocycles. The van der Waals surface area contributed by atoms with E-state index in [-0.39, 0.29) is 10.2 Å². The molecule has 0 atom stereocenters. The predicted octanol–water partition coefficient (Wildman–Crippen LogP) is 2.84. The summed E-state index contributed by atoms with van der Waals surface area (Å²) in [6.07, 6.45) is -0.788. The van der Waals surface area contributed by atoms with Crippen molar-refractivity contribution in [3.05, 3.63) is 28.2 Å². The number of hydrogen-bond acceptors (Lipinski definition) is 2. The van der Waals surface area contributed by atoms with Crippen molar-refractivity contribution < 1.29 is 18.3 Å². The van der Waals surface area contributed by atoms with Crippen LogP contribution in [0, 0.1) is 11.6 Å². The zero-order chi connectivity index (χ0) is 11.4. The van der Waals surface area contributed by atoms with Crippen LogP contribution in [0.25, 0.3) is 0 Å². The molecular formula is C9H8BrF2NO2. The van der Waals surface area contributed by atoms with Gasteiger partial charge in [0.2, 0.25) is 0 Å². The Morgan fingerprint density at radius 1 is 1.53 bits per heavy atom. The van der Waals surface area contributed by atoms with Crippen LogP contribution in [-0.4, -0.2) is 12.6 Å². The number of hydrogen-bond donors (Lipinski definition) is 1. The Morgan fingerprint density at radius 2 is 2.20 bits per heavy atom. The molecule has 0 spiro atoms. The average molecular weight is 280 g/mol. The highest BCUT2D eigenvalue weighted by molar-refractivity contribution is 9.10. The molecule has 0 aliphatic heterocycles. The van der Waals surface area contributed by atoms with E-state index in [4.69, 9.17) is 0 Å². The number of ether oxygens (including phenoxy) is 1. The van der Waals surface area contributed by atoms with E-state index in [2.05, 4.69) is 26.0 Å². The van der Waals surface area contributed by atoms with E-state index in [9.17, 15) is 13.6 Å². The Morgan fingerprint density at radius 3 is 2.73 bits per heavy atom. The lowest BCUT2D eigenvalue weighted by Crippen LogP contribution is -2.26. The SMILES string of the molecule is CCNC(=O)Oc1c(F)cc(F)cc1Br. The predicted molar refractivity (Wildman–Crippen MR) is 53.8 cm³/mol. The van der Waals surface area contributed by atoms with E-state index in [1.54, 1.807) is 6.92 Å². The van der Waals surface area contributed by atoms with Gasteiger partial charge in [0.15, 0.2) is 11.6 Å². The van der Waals surface area contributed by atoms with Gasteiger partial charge in [0.05, 0.1) is 4.47 Å². The molecule has 0 radical (unpaired) electrons. The molecule has 0 fully saturated rings. The summed E-state index contributed by atoms with van der Waals surface area (Å²) in [5.41, 5.74) is 0. The summed E-state index contributed by atoms with van der Waals surface area (Å²) in [7, 11) is 0. The summed E-state index contributed by atoms with van der Waals surface area (Å²) < 4.78 is 30.5. The van der Waals surface area contributed by atoms with Crippen molar-refractivity contribution in [2.75, 3.05) is 6.54 Å². The van der Waals surface area contributed by atoms with Crippen LogP contribution in [0.15, 0.2) is 16.6 Å². The molecule has 82 valence electrons. The van der Waals surface area contributed by atoms with Gasteiger partial charge in [-0.25, -0.2) is 13.6 Å². The maximum atomic E-state index is 13.1. The highest BCUT2D eigenvalue weighted by Gasteiger charge is 2.14. The van der Waals surface area contributed by atoms with Crippen molar-refractivity contribution in [3.63, 3.8) is 0 Å². The van der Waals surface area contributed by atoms with Crippen LogP contribution >= 0.6 is 15.9 Å². The van der Waals surface area contributed by atoms with Crippen LogP contribution in [0.2, 0.25) is 0 Å². The smallest absolute Gasteiger partial charge is 0.406 e. The highest BCUT2D eigenvalue weighted by atomic mass is 79.9. The van der Waals surface area contributed by atoms with Crippen LogP contribution in [-0.2, 0) is 0 Å². The molecule has 0 aliphatic rings. The molecule has 0 aromatic heterocycles. The van der Waals surface area contributed by atoms with Gasteiger partial charge >= 0.3 is 6.09 Å². The number of amides is 1. The van der Waals surface area contributed by atoms with Gasteiger partial charge in [-0.2, -0.15) is 0 Å². The fourth-order valence-electron chi connectivity index (χ4n) is 0.900. The molecule has 1 aromatic rings. The van der Waals surface area contributed by atoms with E-state index in [0.29, 0.717) is 12.6 Å². The molecule has 1 amide bonds. The molecular weight excluding hydrogens is 272 g/mol. The lowest BCUT2D eigenvalue weighted by molar-refractivity contribution is 0.198. The van der Waals surface area contributed by atoms with Gasteiger partial charge < -0.3 is 10.1 Å². The molecule has 0 saturated heterocycles. The third-order valence-electron chi connectivity index (χ3n) is 1.48. The van der Waals surface area contributed by atoms with Gasteiger partial charge in [0, 0.05) is 12.6 Å². The zero-order valence-electron chi connectivity index (χ0n) is 7.81.